The zero-order valence-electron chi connectivity index (χ0n) is 30.3. The van der Waals surface area contributed by atoms with Gasteiger partial charge in [-0.25, -0.2) is 15.0 Å². The fourth-order valence-electron chi connectivity index (χ4n) is 8.32. The van der Waals surface area contributed by atoms with Crippen molar-refractivity contribution in [3.05, 3.63) is 176 Å². The van der Waals surface area contributed by atoms with Crippen molar-refractivity contribution >= 4 is 65.8 Å². The van der Waals surface area contributed by atoms with E-state index >= 15 is 0 Å². The van der Waals surface area contributed by atoms with Gasteiger partial charge in [0.1, 0.15) is 33.5 Å². The molecule has 0 saturated carbocycles. The van der Waals surface area contributed by atoms with Crippen LogP contribution in [-0.2, 0) is 0 Å². The number of fused-ring (bicyclic) bond motifs is 9. The van der Waals surface area contributed by atoms with Crippen LogP contribution in [0.25, 0.3) is 122 Å². The lowest BCUT2D eigenvalue weighted by Gasteiger charge is -2.12. The molecule has 4 aromatic heterocycles. The van der Waals surface area contributed by atoms with E-state index in [1.165, 1.54) is 0 Å². The highest BCUT2D eigenvalue weighted by Gasteiger charge is 2.20. The fourth-order valence-corrected chi connectivity index (χ4v) is 8.32. The van der Waals surface area contributed by atoms with E-state index in [0.717, 1.165) is 105 Å². The molecule has 0 aliphatic carbocycles. The van der Waals surface area contributed by atoms with Crippen LogP contribution in [0.15, 0.2) is 189 Å². The predicted molar refractivity (Wildman–Crippen MR) is 229 cm³/mol. The third-order valence-electron chi connectivity index (χ3n) is 11.0. The minimum atomic E-state index is 0.553. The molecule has 0 saturated heterocycles. The first-order chi connectivity index (χ1) is 28.2. The van der Waals surface area contributed by atoms with Gasteiger partial charge in [0.15, 0.2) is 17.5 Å². The molecule has 6 heteroatoms. The molecule has 0 radical (unpaired) electrons. The molecule has 0 bridgehead atoms. The molecule has 0 spiro atoms. The summed E-state index contributed by atoms with van der Waals surface area (Å²) in [5, 5.41) is 6.39. The van der Waals surface area contributed by atoms with Gasteiger partial charge in [-0.05, 0) is 59.2 Å². The highest BCUT2D eigenvalue weighted by molar-refractivity contribution is 6.16. The largest absolute Gasteiger partial charge is 0.456 e. The lowest BCUT2D eigenvalue weighted by molar-refractivity contribution is 0.668. The van der Waals surface area contributed by atoms with Gasteiger partial charge in [0, 0.05) is 54.6 Å². The smallest absolute Gasteiger partial charge is 0.164 e. The molecular weight excluding hydrogens is 703 g/mol. The topological polar surface area (TPSA) is 78.1 Å². The minimum absolute atomic E-state index is 0.553. The summed E-state index contributed by atoms with van der Waals surface area (Å²) >= 11 is 0. The van der Waals surface area contributed by atoms with Crippen molar-refractivity contribution in [2.75, 3.05) is 0 Å². The summed E-state index contributed by atoms with van der Waals surface area (Å²) in [6, 6.07) is 59.8. The van der Waals surface area contributed by atoms with Crippen LogP contribution < -0.4 is 0 Å². The second kappa shape index (κ2) is 12.3. The van der Waals surface area contributed by atoms with E-state index < -0.39 is 0 Å². The Kier molecular flexibility index (Phi) is 6.83. The zero-order valence-corrected chi connectivity index (χ0v) is 30.3. The van der Waals surface area contributed by atoms with Crippen LogP contribution in [0.1, 0.15) is 0 Å². The van der Waals surface area contributed by atoms with Crippen molar-refractivity contribution in [3.8, 4) is 56.4 Å². The first-order valence-corrected chi connectivity index (χ1v) is 18.9. The summed E-state index contributed by atoms with van der Waals surface area (Å²) < 4.78 is 19.4. The van der Waals surface area contributed by atoms with Crippen molar-refractivity contribution in [1.82, 2.24) is 15.0 Å². The summed E-state index contributed by atoms with van der Waals surface area (Å²) in [5.74, 6) is 1.70. The van der Waals surface area contributed by atoms with Crippen molar-refractivity contribution < 1.29 is 13.3 Å². The van der Waals surface area contributed by atoms with Crippen molar-refractivity contribution in [3.63, 3.8) is 0 Å². The van der Waals surface area contributed by atoms with Gasteiger partial charge in [-0.2, -0.15) is 0 Å². The fraction of sp³-hybridized carbons (Fsp3) is 0. The number of hydrogen-bond donors (Lipinski definition) is 0. The normalized spacial score (nSPS) is 11.9. The van der Waals surface area contributed by atoms with Gasteiger partial charge < -0.3 is 13.3 Å². The number of aromatic nitrogens is 3. The van der Waals surface area contributed by atoms with Crippen LogP contribution in [0.5, 0.6) is 0 Å². The molecule has 0 fully saturated rings. The van der Waals surface area contributed by atoms with Crippen LogP contribution in [0.3, 0.4) is 0 Å². The minimum Gasteiger partial charge on any atom is -0.456 e. The Hall–Kier alpha value is -7.83. The number of para-hydroxylation sites is 3. The highest BCUT2D eigenvalue weighted by Crippen LogP contribution is 2.44. The first kappa shape index (κ1) is 31.5. The molecule has 12 aromatic rings. The molecule has 0 amide bonds. The highest BCUT2D eigenvalue weighted by atomic mass is 16.3. The molecule has 8 aromatic carbocycles. The third-order valence-corrected chi connectivity index (χ3v) is 11.0. The third kappa shape index (κ3) is 5.01. The summed E-state index contributed by atoms with van der Waals surface area (Å²) in [7, 11) is 0. The van der Waals surface area contributed by atoms with Gasteiger partial charge in [0.25, 0.3) is 0 Å². The van der Waals surface area contributed by atoms with Crippen LogP contribution in [0, 0.1) is 0 Å². The Morgan fingerprint density at radius 1 is 0.281 bits per heavy atom. The molecule has 266 valence electrons. The molecule has 6 nitrogen and oxygen atoms in total. The van der Waals surface area contributed by atoms with Crippen LogP contribution >= 0.6 is 0 Å². The first-order valence-electron chi connectivity index (χ1n) is 18.9. The van der Waals surface area contributed by atoms with Crippen molar-refractivity contribution in [1.29, 1.82) is 0 Å². The van der Waals surface area contributed by atoms with E-state index in [4.69, 9.17) is 28.2 Å². The van der Waals surface area contributed by atoms with E-state index in [0.29, 0.717) is 17.5 Å². The maximum Gasteiger partial charge on any atom is 0.164 e. The van der Waals surface area contributed by atoms with E-state index in [1.807, 2.05) is 78.9 Å². The Morgan fingerprint density at radius 3 is 1.51 bits per heavy atom. The second-order valence-electron chi connectivity index (χ2n) is 14.3. The number of rotatable bonds is 5. The van der Waals surface area contributed by atoms with Crippen LogP contribution in [-0.4, -0.2) is 15.0 Å². The van der Waals surface area contributed by atoms with Crippen LogP contribution in [0.2, 0.25) is 0 Å². The average Bonchev–Trinajstić information content (AvgIpc) is 3.97. The van der Waals surface area contributed by atoms with Gasteiger partial charge in [-0.1, -0.05) is 133 Å². The van der Waals surface area contributed by atoms with Gasteiger partial charge in [-0.15, -0.1) is 0 Å². The standard InChI is InChI=1S/C51H29N3O3/c1-2-12-30(13-3-1)49-52-50(31-24-26-36-35-16-6-8-21-42(35)56-45(36)28-31)54-51(53-49)32-25-27-37-40-20-10-19-39(48(40)57-46(37)29-32)34-15-5-4-14-33(34)38-18-11-23-44-47(38)41-17-7-9-22-43(41)55-44/h1-29H. The Bertz CT molecular complexity index is 3540. The number of nitrogens with zero attached hydrogens (tertiary/aromatic N) is 3. The maximum absolute atomic E-state index is 6.84. The molecule has 0 aliphatic heterocycles. The Labute approximate surface area is 325 Å². The molecule has 0 N–H and O–H groups in total. The van der Waals surface area contributed by atoms with Gasteiger partial charge >= 0.3 is 0 Å². The molecule has 57 heavy (non-hydrogen) atoms. The summed E-state index contributed by atoms with van der Waals surface area (Å²) in [6.07, 6.45) is 0. The zero-order chi connectivity index (χ0) is 37.5. The summed E-state index contributed by atoms with van der Waals surface area (Å²) in [6.45, 7) is 0. The molecule has 0 unspecified atom stereocenters. The summed E-state index contributed by atoms with van der Waals surface area (Å²) in [5.41, 5.74) is 11.8. The van der Waals surface area contributed by atoms with Gasteiger partial charge in [0.05, 0.1) is 0 Å². The van der Waals surface area contributed by atoms with Crippen LogP contribution in [0.4, 0.5) is 0 Å². The Morgan fingerprint density at radius 2 is 0.754 bits per heavy atom. The molecule has 4 heterocycles. The van der Waals surface area contributed by atoms with E-state index in [9.17, 15) is 0 Å². The molecular formula is C51H29N3O3. The number of hydrogen-bond acceptors (Lipinski definition) is 6. The monoisotopic (exact) mass is 731 g/mol. The Balaban J connectivity index is 1.01. The van der Waals surface area contributed by atoms with Crippen molar-refractivity contribution in [2.24, 2.45) is 0 Å². The van der Waals surface area contributed by atoms with E-state index in [-0.39, 0.29) is 0 Å². The SMILES string of the molecule is c1ccc(-c2nc(-c3ccc4c(c3)oc3ccccc34)nc(-c3ccc4c(c3)oc3c(-c5ccccc5-c5cccc6oc7ccccc7c56)cccc34)n2)cc1. The second-order valence-corrected chi connectivity index (χ2v) is 14.3. The molecule has 0 aliphatic rings. The lowest BCUT2D eigenvalue weighted by atomic mass is 9.91. The number of benzene rings is 8. The quantitative estimate of drug-likeness (QED) is 0.175. The van der Waals surface area contributed by atoms with E-state index in [1.54, 1.807) is 0 Å². The lowest BCUT2D eigenvalue weighted by Crippen LogP contribution is -2.00. The van der Waals surface area contributed by atoms with Crippen molar-refractivity contribution in [2.45, 2.75) is 0 Å². The average molecular weight is 732 g/mol. The summed E-state index contributed by atoms with van der Waals surface area (Å²) in [4.78, 5) is 15.0. The molecule has 12 rings (SSSR count). The maximum atomic E-state index is 6.84. The molecule has 0 atom stereocenters. The van der Waals surface area contributed by atoms with Gasteiger partial charge in [-0.3, -0.25) is 0 Å². The predicted octanol–water partition coefficient (Wildman–Crippen LogP) is 13.9. The number of furan rings is 3. The van der Waals surface area contributed by atoms with Gasteiger partial charge in [0.2, 0.25) is 0 Å². The van der Waals surface area contributed by atoms with E-state index in [2.05, 4.69) is 97.1 Å².